The molecule has 0 spiro atoms. The molecular formula is C16H25ClN2. The summed E-state index contributed by atoms with van der Waals surface area (Å²) in [5, 5.41) is 4.03. The summed E-state index contributed by atoms with van der Waals surface area (Å²) in [5.74, 6) is 0.837. The summed E-state index contributed by atoms with van der Waals surface area (Å²) in [6.45, 7) is 3.22. The van der Waals surface area contributed by atoms with Crippen LogP contribution < -0.4 is 10.2 Å². The van der Waals surface area contributed by atoms with Crippen LogP contribution >= 0.6 is 11.6 Å². The molecule has 1 saturated carbocycles. The molecule has 2 atom stereocenters. The second-order valence-corrected chi connectivity index (χ2v) is 6.26. The minimum absolute atomic E-state index is 0.636. The molecule has 0 heterocycles. The van der Waals surface area contributed by atoms with Crippen LogP contribution in [0, 0.1) is 5.92 Å². The van der Waals surface area contributed by atoms with Gasteiger partial charge < -0.3 is 10.2 Å². The van der Waals surface area contributed by atoms with Gasteiger partial charge in [0.05, 0.1) is 10.7 Å². The Kier molecular flexibility index (Phi) is 5.12. The van der Waals surface area contributed by atoms with E-state index >= 15 is 0 Å². The van der Waals surface area contributed by atoms with Crippen molar-refractivity contribution >= 4 is 17.3 Å². The fourth-order valence-corrected chi connectivity index (χ4v) is 3.44. The monoisotopic (exact) mass is 280 g/mol. The van der Waals surface area contributed by atoms with Crippen LogP contribution in [0.5, 0.6) is 0 Å². The normalized spacial score (nSPS) is 23.4. The van der Waals surface area contributed by atoms with Gasteiger partial charge >= 0.3 is 0 Å². The molecule has 0 radical (unpaired) electrons. The van der Waals surface area contributed by atoms with Crippen molar-refractivity contribution in [2.45, 2.75) is 45.2 Å². The smallest absolute Gasteiger partial charge is 0.0642 e. The van der Waals surface area contributed by atoms with Gasteiger partial charge in [0, 0.05) is 19.6 Å². The Labute approximate surface area is 122 Å². The van der Waals surface area contributed by atoms with Crippen LogP contribution in [-0.2, 0) is 6.54 Å². The van der Waals surface area contributed by atoms with Gasteiger partial charge in [-0.3, -0.25) is 0 Å². The van der Waals surface area contributed by atoms with E-state index < -0.39 is 0 Å². The maximum atomic E-state index is 6.45. The number of halogens is 1. The van der Waals surface area contributed by atoms with Crippen LogP contribution in [0.1, 0.15) is 38.2 Å². The third kappa shape index (κ3) is 3.64. The van der Waals surface area contributed by atoms with Crippen LogP contribution in [0.25, 0.3) is 0 Å². The molecule has 0 aliphatic heterocycles. The molecule has 1 fully saturated rings. The first-order valence-corrected chi connectivity index (χ1v) is 7.65. The van der Waals surface area contributed by atoms with E-state index in [9.17, 15) is 0 Å². The summed E-state index contributed by atoms with van der Waals surface area (Å²) in [6, 6.07) is 7.04. The highest BCUT2D eigenvalue weighted by Gasteiger charge is 2.23. The molecule has 1 aromatic carbocycles. The van der Waals surface area contributed by atoms with Crippen molar-refractivity contribution in [3.05, 3.63) is 28.8 Å². The van der Waals surface area contributed by atoms with Crippen molar-refractivity contribution in [2.75, 3.05) is 19.0 Å². The van der Waals surface area contributed by atoms with Gasteiger partial charge in [-0.2, -0.15) is 0 Å². The molecule has 0 saturated heterocycles. The number of nitrogens with one attached hydrogen (secondary N) is 1. The molecule has 106 valence electrons. The van der Waals surface area contributed by atoms with Gasteiger partial charge in [-0.15, -0.1) is 0 Å². The van der Waals surface area contributed by atoms with Crippen molar-refractivity contribution in [2.24, 2.45) is 5.92 Å². The third-order valence-corrected chi connectivity index (χ3v) is 4.53. The van der Waals surface area contributed by atoms with Crippen molar-refractivity contribution in [3.8, 4) is 0 Å². The fraction of sp³-hybridized carbons (Fsp3) is 0.625. The SMILES string of the molecule is CNCc1ccc(N(C)C2CCCC(C)C2)c(Cl)c1. The molecule has 2 rings (SSSR count). The van der Waals surface area contributed by atoms with Gasteiger partial charge in [0.15, 0.2) is 0 Å². The van der Waals surface area contributed by atoms with E-state index in [4.69, 9.17) is 11.6 Å². The molecule has 19 heavy (non-hydrogen) atoms. The highest BCUT2D eigenvalue weighted by Crippen LogP contribution is 2.33. The largest absolute Gasteiger partial charge is 0.370 e. The molecule has 1 N–H and O–H groups in total. The zero-order chi connectivity index (χ0) is 13.8. The van der Waals surface area contributed by atoms with Gasteiger partial charge in [0.1, 0.15) is 0 Å². The van der Waals surface area contributed by atoms with E-state index in [0.29, 0.717) is 6.04 Å². The molecule has 0 aromatic heterocycles. The number of benzene rings is 1. The quantitative estimate of drug-likeness (QED) is 0.894. The minimum Gasteiger partial charge on any atom is -0.370 e. The van der Waals surface area contributed by atoms with E-state index in [0.717, 1.165) is 17.5 Å². The lowest BCUT2D eigenvalue weighted by Crippen LogP contribution is -2.35. The van der Waals surface area contributed by atoms with Gasteiger partial charge in [0.25, 0.3) is 0 Å². The summed E-state index contributed by atoms with van der Waals surface area (Å²) < 4.78 is 0. The van der Waals surface area contributed by atoms with Gasteiger partial charge in [-0.25, -0.2) is 0 Å². The summed E-state index contributed by atoms with van der Waals surface area (Å²) >= 11 is 6.45. The molecule has 0 amide bonds. The summed E-state index contributed by atoms with van der Waals surface area (Å²) in [5.41, 5.74) is 2.40. The Hall–Kier alpha value is -0.730. The van der Waals surface area contributed by atoms with Gasteiger partial charge in [-0.05, 0) is 43.5 Å². The average molecular weight is 281 g/mol. The highest BCUT2D eigenvalue weighted by molar-refractivity contribution is 6.33. The maximum absolute atomic E-state index is 6.45. The number of hydrogen-bond donors (Lipinski definition) is 1. The topological polar surface area (TPSA) is 15.3 Å². The van der Waals surface area contributed by atoms with Crippen LogP contribution in [0.2, 0.25) is 5.02 Å². The second-order valence-electron chi connectivity index (χ2n) is 5.85. The zero-order valence-corrected chi connectivity index (χ0v) is 13.0. The van der Waals surface area contributed by atoms with E-state index in [1.807, 2.05) is 7.05 Å². The first kappa shape index (κ1) is 14.7. The molecule has 3 heteroatoms. The first-order valence-electron chi connectivity index (χ1n) is 7.27. The van der Waals surface area contributed by atoms with E-state index in [-0.39, 0.29) is 0 Å². The standard InChI is InChI=1S/C16H25ClN2/c1-12-5-4-6-14(9-12)19(3)16-8-7-13(11-18-2)10-15(16)17/h7-8,10,12,14,18H,4-6,9,11H2,1-3H3. The van der Waals surface area contributed by atoms with Gasteiger partial charge in [0.2, 0.25) is 0 Å². The molecule has 1 aromatic rings. The highest BCUT2D eigenvalue weighted by atomic mass is 35.5. The Morgan fingerprint density at radius 2 is 2.16 bits per heavy atom. The molecule has 0 bridgehead atoms. The predicted octanol–water partition coefficient (Wildman–Crippen LogP) is 4.07. The van der Waals surface area contributed by atoms with Crippen molar-refractivity contribution in [1.82, 2.24) is 5.32 Å². The third-order valence-electron chi connectivity index (χ3n) is 4.23. The first-order chi connectivity index (χ1) is 9.11. The van der Waals surface area contributed by atoms with E-state index in [1.165, 1.54) is 36.9 Å². The molecule has 1 aliphatic rings. The van der Waals surface area contributed by atoms with Crippen LogP contribution in [0.4, 0.5) is 5.69 Å². The van der Waals surface area contributed by atoms with Gasteiger partial charge in [-0.1, -0.05) is 37.4 Å². The lowest BCUT2D eigenvalue weighted by Gasteiger charge is -2.36. The Morgan fingerprint density at radius 3 is 2.79 bits per heavy atom. The number of hydrogen-bond acceptors (Lipinski definition) is 2. The van der Waals surface area contributed by atoms with E-state index in [2.05, 4.69) is 42.4 Å². The average Bonchev–Trinajstić information content (AvgIpc) is 2.38. The molecule has 2 nitrogen and oxygen atoms in total. The van der Waals surface area contributed by atoms with Crippen molar-refractivity contribution in [3.63, 3.8) is 0 Å². The summed E-state index contributed by atoms with van der Waals surface area (Å²) in [4.78, 5) is 2.38. The Bertz CT molecular complexity index is 419. The maximum Gasteiger partial charge on any atom is 0.0642 e. The second kappa shape index (κ2) is 6.62. The predicted molar refractivity (Wildman–Crippen MR) is 84.0 cm³/mol. The lowest BCUT2D eigenvalue weighted by molar-refractivity contribution is 0.336. The van der Waals surface area contributed by atoms with Crippen molar-refractivity contribution in [1.29, 1.82) is 0 Å². The van der Waals surface area contributed by atoms with E-state index in [1.54, 1.807) is 0 Å². The minimum atomic E-state index is 0.636. The molecule has 1 aliphatic carbocycles. The summed E-state index contributed by atoms with van der Waals surface area (Å²) in [6.07, 6.45) is 5.28. The molecular weight excluding hydrogens is 256 g/mol. The van der Waals surface area contributed by atoms with Crippen LogP contribution in [-0.4, -0.2) is 20.1 Å². The zero-order valence-electron chi connectivity index (χ0n) is 12.2. The number of nitrogens with zero attached hydrogens (tertiary/aromatic N) is 1. The lowest BCUT2D eigenvalue weighted by atomic mass is 9.86. The number of rotatable bonds is 4. The molecule has 2 unspecified atom stereocenters. The van der Waals surface area contributed by atoms with Crippen LogP contribution in [0.3, 0.4) is 0 Å². The Morgan fingerprint density at radius 1 is 1.37 bits per heavy atom. The van der Waals surface area contributed by atoms with Crippen LogP contribution in [0.15, 0.2) is 18.2 Å². The summed E-state index contributed by atoms with van der Waals surface area (Å²) in [7, 11) is 4.14. The Balaban J connectivity index is 2.12. The number of anilines is 1. The fourth-order valence-electron chi connectivity index (χ4n) is 3.10. The van der Waals surface area contributed by atoms with Crippen molar-refractivity contribution < 1.29 is 0 Å².